The molecule has 2 nitrogen and oxygen atoms in total. The Bertz CT molecular complexity index is 2160. The van der Waals surface area contributed by atoms with Crippen molar-refractivity contribution in [1.29, 1.82) is 0 Å². The minimum Gasteiger partial charge on any atom is -0.228 e. The topological polar surface area (TPSA) is 25.8 Å². The van der Waals surface area contributed by atoms with E-state index in [2.05, 4.69) is 133 Å². The lowest BCUT2D eigenvalue weighted by atomic mass is 9.85. The molecule has 8 aromatic rings. The smallest absolute Gasteiger partial charge is 0.160 e. The molecule has 0 radical (unpaired) electrons. The zero-order valence-electron chi connectivity index (χ0n) is 22.9. The van der Waals surface area contributed by atoms with Crippen molar-refractivity contribution in [2.75, 3.05) is 0 Å². The Morgan fingerprint density at radius 3 is 1.55 bits per heavy atom. The molecular weight excluding hydrogens is 508 g/mol. The van der Waals surface area contributed by atoms with E-state index < -0.39 is 0 Å². The maximum absolute atomic E-state index is 5.30. The molecule has 0 N–H and O–H groups in total. The molecule has 8 rings (SSSR count). The summed E-state index contributed by atoms with van der Waals surface area (Å²) >= 11 is 0. The van der Waals surface area contributed by atoms with Crippen LogP contribution >= 0.6 is 0 Å². The van der Waals surface area contributed by atoms with Crippen molar-refractivity contribution < 1.29 is 0 Å². The van der Waals surface area contributed by atoms with Crippen molar-refractivity contribution >= 4 is 32.3 Å². The lowest BCUT2D eigenvalue weighted by Crippen LogP contribution is -1.98. The van der Waals surface area contributed by atoms with Gasteiger partial charge in [-0.1, -0.05) is 152 Å². The number of hydrogen-bond donors (Lipinski definition) is 0. The van der Waals surface area contributed by atoms with E-state index in [1.165, 1.54) is 43.4 Å². The molecule has 0 saturated carbocycles. The van der Waals surface area contributed by atoms with Crippen LogP contribution in [0.4, 0.5) is 0 Å². The maximum Gasteiger partial charge on any atom is 0.160 e. The fourth-order valence-electron chi connectivity index (χ4n) is 6.18. The molecule has 1 heterocycles. The zero-order chi connectivity index (χ0) is 27.9. The average molecular weight is 535 g/mol. The maximum atomic E-state index is 5.30. The first-order valence-corrected chi connectivity index (χ1v) is 14.3. The van der Waals surface area contributed by atoms with Gasteiger partial charge in [-0.2, -0.15) is 0 Å². The van der Waals surface area contributed by atoms with Crippen LogP contribution in [-0.2, 0) is 0 Å². The minimum atomic E-state index is 0.719. The molecule has 7 aromatic carbocycles. The van der Waals surface area contributed by atoms with Crippen LogP contribution in [0.3, 0.4) is 0 Å². The molecule has 0 saturated heterocycles. The predicted molar refractivity (Wildman–Crippen MR) is 176 cm³/mol. The van der Waals surface area contributed by atoms with Crippen molar-refractivity contribution in [3.05, 3.63) is 158 Å². The highest BCUT2D eigenvalue weighted by Gasteiger charge is 2.21. The molecule has 1 aromatic heterocycles. The Balaban J connectivity index is 1.56. The summed E-state index contributed by atoms with van der Waals surface area (Å²) < 4.78 is 0. The van der Waals surface area contributed by atoms with Gasteiger partial charge in [0.15, 0.2) is 5.82 Å². The van der Waals surface area contributed by atoms with Crippen LogP contribution in [0.2, 0.25) is 0 Å². The molecular formula is C40H26N2. The quantitative estimate of drug-likeness (QED) is 0.166. The highest BCUT2D eigenvalue weighted by molar-refractivity contribution is 6.27. The second-order valence-corrected chi connectivity index (χ2v) is 10.6. The number of rotatable bonds is 4. The first-order valence-electron chi connectivity index (χ1n) is 14.3. The SMILES string of the molecule is c1ccc(-c2cc(-c3c4ccccc4c(-c4ccccc4)c4ccc5ccccc5c34)nc(-c3ccccc3)n2)cc1. The highest BCUT2D eigenvalue weighted by Crippen LogP contribution is 2.46. The van der Waals surface area contributed by atoms with Gasteiger partial charge in [-0.25, -0.2) is 9.97 Å². The number of benzene rings is 7. The Labute approximate surface area is 244 Å². The molecule has 0 aliphatic carbocycles. The van der Waals surface area contributed by atoms with Crippen molar-refractivity contribution in [3.8, 4) is 45.0 Å². The molecule has 0 aliphatic heterocycles. The zero-order valence-corrected chi connectivity index (χ0v) is 22.9. The van der Waals surface area contributed by atoms with Gasteiger partial charge in [0, 0.05) is 22.1 Å². The molecule has 0 unspecified atom stereocenters. The van der Waals surface area contributed by atoms with Crippen LogP contribution < -0.4 is 0 Å². The van der Waals surface area contributed by atoms with Crippen LogP contribution in [0.1, 0.15) is 0 Å². The van der Waals surface area contributed by atoms with E-state index in [9.17, 15) is 0 Å². The van der Waals surface area contributed by atoms with E-state index in [1.807, 2.05) is 24.3 Å². The van der Waals surface area contributed by atoms with Crippen molar-refractivity contribution in [3.63, 3.8) is 0 Å². The summed E-state index contributed by atoms with van der Waals surface area (Å²) in [5.74, 6) is 0.719. The van der Waals surface area contributed by atoms with Gasteiger partial charge < -0.3 is 0 Å². The fraction of sp³-hybridized carbons (Fsp3) is 0. The molecule has 0 aliphatic rings. The van der Waals surface area contributed by atoms with Crippen molar-refractivity contribution in [1.82, 2.24) is 9.97 Å². The number of fused-ring (bicyclic) bond motifs is 4. The Kier molecular flexibility index (Phi) is 5.82. The van der Waals surface area contributed by atoms with Crippen LogP contribution in [0.15, 0.2) is 158 Å². The van der Waals surface area contributed by atoms with Crippen LogP contribution in [0.25, 0.3) is 77.3 Å². The summed E-state index contributed by atoms with van der Waals surface area (Å²) in [6, 6.07) is 55.5. The highest BCUT2D eigenvalue weighted by atomic mass is 14.9. The lowest BCUT2D eigenvalue weighted by molar-refractivity contribution is 1.19. The monoisotopic (exact) mass is 534 g/mol. The van der Waals surface area contributed by atoms with Gasteiger partial charge in [-0.15, -0.1) is 0 Å². The summed E-state index contributed by atoms with van der Waals surface area (Å²) in [5.41, 5.74) is 7.47. The molecule has 2 heteroatoms. The first kappa shape index (κ1) is 24.2. The number of hydrogen-bond acceptors (Lipinski definition) is 2. The van der Waals surface area contributed by atoms with Gasteiger partial charge in [0.25, 0.3) is 0 Å². The molecule has 42 heavy (non-hydrogen) atoms. The van der Waals surface area contributed by atoms with E-state index in [4.69, 9.17) is 9.97 Å². The van der Waals surface area contributed by atoms with Crippen LogP contribution in [-0.4, -0.2) is 9.97 Å². The lowest BCUT2D eigenvalue weighted by Gasteiger charge is -2.19. The minimum absolute atomic E-state index is 0.719. The third kappa shape index (κ3) is 4.05. The largest absolute Gasteiger partial charge is 0.228 e. The summed E-state index contributed by atoms with van der Waals surface area (Å²) in [4.78, 5) is 10.4. The van der Waals surface area contributed by atoms with Crippen LogP contribution in [0, 0.1) is 0 Å². The van der Waals surface area contributed by atoms with E-state index >= 15 is 0 Å². The predicted octanol–water partition coefficient (Wildman–Crippen LogP) is 10.6. The average Bonchev–Trinajstić information content (AvgIpc) is 3.08. The normalized spacial score (nSPS) is 11.3. The molecule has 0 spiro atoms. The standard InChI is InChI=1S/C40H26N2/c1-4-15-28(16-5-1)35-26-36(42-40(41-35)30-19-8-3-9-20-30)39-33-23-13-12-22-32(33)37(29-17-6-2-7-18-29)34-25-24-27-14-10-11-21-31(27)38(34)39/h1-26H. The molecule has 196 valence electrons. The van der Waals surface area contributed by atoms with Gasteiger partial charge in [-0.3, -0.25) is 0 Å². The Morgan fingerprint density at radius 2 is 0.857 bits per heavy atom. The second kappa shape index (κ2) is 10.1. The summed E-state index contributed by atoms with van der Waals surface area (Å²) in [7, 11) is 0. The molecule has 0 amide bonds. The third-order valence-corrected chi connectivity index (χ3v) is 8.06. The van der Waals surface area contributed by atoms with Gasteiger partial charge >= 0.3 is 0 Å². The van der Waals surface area contributed by atoms with Gasteiger partial charge in [0.2, 0.25) is 0 Å². The van der Waals surface area contributed by atoms with Gasteiger partial charge in [0.05, 0.1) is 11.4 Å². The summed E-state index contributed by atoms with van der Waals surface area (Å²) in [5, 5.41) is 7.24. The molecule has 0 bridgehead atoms. The Hall–Kier alpha value is -5.60. The van der Waals surface area contributed by atoms with E-state index in [1.54, 1.807) is 0 Å². The van der Waals surface area contributed by atoms with Gasteiger partial charge in [-0.05, 0) is 44.1 Å². The number of nitrogens with zero attached hydrogens (tertiary/aromatic N) is 2. The second-order valence-electron chi connectivity index (χ2n) is 10.6. The van der Waals surface area contributed by atoms with Crippen LogP contribution in [0.5, 0.6) is 0 Å². The van der Waals surface area contributed by atoms with E-state index in [0.29, 0.717) is 0 Å². The molecule has 0 atom stereocenters. The third-order valence-electron chi connectivity index (χ3n) is 8.06. The Morgan fingerprint density at radius 1 is 0.333 bits per heavy atom. The summed E-state index contributed by atoms with van der Waals surface area (Å²) in [6.07, 6.45) is 0. The van der Waals surface area contributed by atoms with E-state index in [0.717, 1.165) is 33.9 Å². The van der Waals surface area contributed by atoms with Crippen molar-refractivity contribution in [2.45, 2.75) is 0 Å². The van der Waals surface area contributed by atoms with Crippen molar-refractivity contribution in [2.24, 2.45) is 0 Å². The first-order chi connectivity index (χ1) is 20.8. The fourth-order valence-corrected chi connectivity index (χ4v) is 6.18. The van der Waals surface area contributed by atoms with Gasteiger partial charge in [0.1, 0.15) is 0 Å². The summed E-state index contributed by atoms with van der Waals surface area (Å²) in [6.45, 7) is 0. The molecule has 0 fully saturated rings. The number of aromatic nitrogens is 2. The van der Waals surface area contributed by atoms with E-state index in [-0.39, 0.29) is 0 Å².